The number of aliphatic hydroxyl groups excluding tert-OH is 1. The number of aliphatic hydroxyl groups is 1. The molecule has 1 unspecified atom stereocenters. The van der Waals surface area contributed by atoms with Gasteiger partial charge < -0.3 is 15.2 Å². The first-order chi connectivity index (χ1) is 9.50. The Bertz CT molecular complexity index is 406. The zero-order valence-corrected chi connectivity index (χ0v) is 13.3. The highest BCUT2D eigenvalue weighted by Crippen LogP contribution is 2.18. The van der Waals surface area contributed by atoms with Gasteiger partial charge in [0.1, 0.15) is 5.75 Å². The van der Waals surface area contributed by atoms with Gasteiger partial charge in [-0.15, -0.1) is 0 Å². The smallest absolute Gasteiger partial charge is 0.119 e. The Morgan fingerprint density at radius 3 is 2.60 bits per heavy atom. The third-order valence-electron chi connectivity index (χ3n) is 3.77. The molecule has 0 aliphatic rings. The second-order valence-corrected chi connectivity index (χ2v) is 5.84. The predicted molar refractivity (Wildman–Crippen MR) is 84.4 cm³/mol. The fourth-order valence-corrected chi connectivity index (χ4v) is 2.11. The van der Waals surface area contributed by atoms with Gasteiger partial charge in [-0.1, -0.05) is 13.0 Å². The van der Waals surface area contributed by atoms with Crippen molar-refractivity contribution in [2.75, 3.05) is 19.8 Å². The predicted octanol–water partition coefficient (Wildman–Crippen LogP) is 3.21. The second-order valence-electron chi connectivity index (χ2n) is 5.84. The molecular weight excluding hydrogens is 250 g/mol. The lowest BCUT2D eigenvalue weighted by atomic mass is 9.97. The SMILES string of the molecule is CCCNC(C)(CO)CCCOc1ccc(C)c(C)c1. The number of benzene rings is 1. The third kappa shape index (κ3) is 5.51. The van der Waals surface area contributed by atoms with E-state index in [0.717, 1.165) is 31.6 Å². The van der Waals surface area contributed by atoms with E-state index in [-0.39, 0.29) is 12.1 Å². The van der Waals surface area contributed by atoms with Gasteiger partial charge in [0.2, 0.25) is 0 Å². The average Bonchev–Trinajstić information content (AvgIpc) is 2.45. The molecule has 20 heavy (non-hydrogen) atoms. The van der Waals surface area contributed by atoms with Crippen LogP contribution in [0.5, 0.6) is 5.75 Å². The second kappa shape index (κ2) is 8.28. The van der Waals surface area contributed by atoms with Crippen LogP contribution in [-0.2, 0) is 0 Å². The highest BCUT2D eigenvalue weighted by molar-refractivity contribution is 5.33. The monoisotopic (exact) mass is 279 g/mol. The minimum absolute atomic E-state index is 0.163. The lowest BCUT2D eigenvalue weighted by Crippen LogP contribution is -2.46. The van der Waals surface area contributed by atoms with Crippen molar-refractivity contribution in [3.63, 3.8) is 0 Å². The van der Waals surface area contributed by atoms with E-state index in [1.54, 1.807) is 0 Å². The summed E-state index contributed by atoms with van der Waals surface area (Å²) in [6.07, 6.45) is 2.92. The van der Waals surface area contributed by atoms with E-state index in [1.807, 2.05) is 6.07 Å². The lowest BCUT2D eigenvalue weighted by molar-refractivity contribution is 0.156. The average molecular weight is 279 g/mol. The molecule has 0 bridgehead atoms. The van der Waals surface area contributed by atoms with E-state index in [1.165, 1.54) is 11.1 Å². The third-order valence-corrected chi connectivity index (χ3v) is 3.77. The van der Waals surface area contributed by atoms with Crippen LogP contribution in [0, 0.1) is 13.8 Å². The summed E-state index contributed by atoms with van der Waals surface area (Å²) in [5.41, 5.74) is 2.35. The van der Waals surface area contributed by atoms with Crippen molar-refractivity contribution in [1.82, 2.24) is 5.32 Å². The van der Waals surface area contributed by atoms with Gasteiger partial charge >= 0.3 is 0 Å². The number of rotatable bonds is 9. The molecule has 0 saturated carbocycles. The number of ether oxygens (including phenoxy) is 1. The molecule has 0 radical (unpaired) electrons. The maximum atomic E-state index is 9.49. The molecule has 3 nitrogen and oxygen atoms in total. The summed E-state index contributed by atoms with van der Waals surface area (Å²) in [5.74, 6) is 0.931. The van der Waals surface area contributed by atoms with Gasteiger partial charge in [-0.05, 0) is 69.8 Å². The minimum atomic E-state index is -0.192. The Balaban J connectivity index is 2.34. The standard InChI is InChI=1S/C17H29NO2/c1-5-10-18-17(4,13-19)9-6-11-20-16-8-7-14(2)15(3)12-16/h7-8,12,18-19H,5-6,9-11,13H2,1-4H3. The van der Waals surface area contributed by atoms with Crippen molar-refractivity contribution >= 4 is 0 Å². The molecule has 3 heteroatoms. The molecule has 1 atom stereocenters. The summed E-state index contributed by atoms with van der Waals surface area (Å²) in [7, 11) is 0. The van der Waals surface area contributed by atoms with Crippen LogP contribution in [0.2, 0.25) is 0 Å². The van der Waals surface area contributed by atoms with Crippen molar-refractivity contribution < 1.29 is 9.84 Å². The summed E-state index contributed by atoms with van der Waals surface area (Å²) in [6.45, 7) is 10.2. The number of aryl methyl sites for hydroxylation is 2. The first-order valence-corrected chi connectivity index (χ1v) is 7.56. The Kier molecular flexibility index (Phi) is 7.03. The molecule has 1 aromatic rings. The zero-order valence-electron chi connectivity index (χ0n) is 13.3. The van der Waals surface area contributed by atoms with Gasteiger partial charge in [0, 0.05) is 5.54 Å². The van der Waals surface area contributed by atoms with Crippen molar-refractivity contribution in [3.05, 3.63) is 29.3 Å². The van der Waals surface area contributed by atoms with Crippen molar-refractivity contribution in [3.8, 4) is 5.75 Å². The Morgan fingerprint density at radius 1 is 1.25 bits per heavy atom. The number of nitrogens with one attached hydrogen (secondary N) is 1. The van der Waals surface area contributed by atoms with Gasteiger partial charge in [-0.2, -0.15) is 0 Å². The maximum Gasteiger partial charge on any atom is 0.119 e. The molecule has 0 spiro atoms. The van der Waals surface area contributed by atoms with E-state index in [4.69, 9.17) is 4.74 Å². The Hall–Kier alpha value is -1.06. The summed E-state index contributed by atoms with van der Waals surface area (Å²) < 4.78 is 5.78. The van der Waals surface area contributed by atoms with Crippen LogP contribution in [-0.4, -0.2) is 30.4 Å². The molecule has 0 saturated heterocycles. The van der Waals surface area contributed by atoms with Gasteiger partial charge in [0.15, 0.2) is 0 Å². The maximum absolute atomic E-state index is 9.49. The van der Waals surface area contributed by atoms with Gasteiger partial charge in [0.25, 0.3) is 0 Å². The highest BCUT2D eigenvalue weighted by atomic mass is 16.5. The van der Waals surface area contributed by atoms with Gasteiger partial charge in [-0.25, -0.2) is 0 Å². The Labute approximate surface area is 123 Å². The highest BCUT2D eigenvalue weighted by Gasteiger charge is 2.21. The normalized spacial score (nSPS) is 14.1. The zero-order chi connectivity index (χ0) is 15.0. The fourth-order valence-electron chi connectivity index (χ4n) is 2.11. The van der Waals surface area contributed by atoms with Crippen LogP contribution >= 0.6 is 0 Å². The molecule has 1 aromatic carbocycles. The van der Waals surface area contributed by atoms with Crippen LogP contribution in [0.15, 0.2) is 18.2 Å². The van der Waals surface area contributed by atoms with E-state index in [2.05, 4.69) is 45.1 Å². The summed E-state index contributed by atoms with van der Waals surface area (Å²) in [5, 5.41) is 12.9. The van der Waals surface area contributed by atoms with E-state index in [0.29, 0.717) is 6.61 Å². The molecule has 0 aliphatic heterocycles. The molecular formula is C17H29NO2. The largest absolute Gasteiger partial charge is 0.494 e. The first-order valence-electron chi connectivity index (χ1n) is 7.56. The van der Waals surface area contributed by atoms with E-state index >= 15 is 0 Å². The molecule has 0 amide bonds. The fraction of sp³-hybridized carbons (Fsp3) is 0.647. The molecule has 0 aliphatic carbocycles. The minimum Gasteiger partial charge on any atom is -0.494 e. The molecule has 1 rings (SSSR count). The number of hydrogen-bond acceptors (Lipinski definition) is 3. The molecule has 0 heterocycles. The van der Waals surface area contributed by atoms with Gasteiger partial charge in [0.05, 0.1) is 13.2 Å². The van der Waals surface area contributed by atoms with Crippen molar-refractivity contribution in [1.29, 1.82) is 0 Å². The van der Waals surface area contributed by atoms with Crippen molar-refractivity contribution in [2.24, 2.45) is 0 Å². The van der Waals surface area contributed by atoms with E-state index < -0.39 is 0 Å². The quantitative estimate of drug-likeness (QED) is 0.682. The lowest BCUT2D eigenvalue weighted by Gasteiger charge is -2.28. The van der Waals surface area contributed by atoms with E-state index in [9.17, 15) is 5.11 Å². The Morgan fingerprint density at radius 2 is 2.00 bits per heavy atom. The molecule has 114 valence electrons. The van der Waals surface area contributed by atoms with Crippen LogP contribution in [0.4, 0.5) is 0 Å². The van der Waals surface area contributed by atoms with Crippen LogP contribution < -0.4 is 10.1 Å². The first kappa shape index (κ1) is 17.0. The van der Waals surface area contributed by atoms with Gasteiger partial charge in [-0.3, -0.25) is 0 Å². The number of hydrogen-bond donors (Lipinski definition) is 2. The van der Waals surface area contributed by atoms with Crippen LogP contribution in [0.3, 0.4) is 0 Å². The summed E-state index contributed by atoms with van der Waals surface area (Å²) >= 11 is 0. The summed E-state index contributed by atoms with van der Waals surface area (Å²) in [6, 6.07) is 6.18. The van der Waals surface area contributed by atoms with Crippen LogP contribution in [0.25, 0.3) is 0 Å². The topological polar surface area (TPSA) is 41.5 Å². The molecule has 0 aromatic heterocycles. The summed E-state index contributed by atoms with van der Waals surface area (Å²) in [4.78, 5) is 0. The molecule has 0 fully saturated rings. The molecule has 2 N–H and O–H groups in total. The van der Waals surface area contributed by atoms with Crippen molar-refractivity contribution in [2.45, 2.75) is 52.5 Å². The van der Waals surface area contributed by atoms with Crippen LogP contribution in [0.1, 0.15) is 44.2 Å².